The molecule has 3 N–H and O–H groups in total. The minimum atomic E-state index is -0.834. The van der Waals surface area contributed by atoms with Crippen molar-refractivity contribution in [1.29, 1.82) is 0 Å². The quantitative estimate of drug-likeness (QED) is 0.681. The Bertz CT molecular complexity index is 394. The van der Waals surface area contributed by atoms with Crippen LogP contribution in [0.25, 0.3) is 0 Å². The van der Waals surface area contributed by atoms with Crippen molar-refractivity contribution >= 4 is 12.0 Å². The molecule has 0 aromatic carbocycles. The number of carbonyl (C=O) groups is 2. The third-order valence-electron chi connectivity index (χ3n) is 4.50. The van der Waals surface area contributed by atoms with Crippen LogP contribution in [0.3, 0.4) is 0 Å². The van der Waals surface area contributed by atoms with Crippen LogP contribution in [-0.2, 0) is 4.79 Å². The SMILES string of the molecule is CC1CCC(NC(=O)NC2C=CC(C(=O)O)C2)C1C. The summed E-state index contributed by atoms with van der Waals surface area (Å²) in [6.07, 6.45) is 6.02. The van der Waals surface area contributed by atoms with Gasteiger partial charge in [-0.1, -0.05) is 26.0 Å². The minimum Gasteiger partial charge on any atom is -0.481 e. The highest BCUT2D eigenvalue weighted by Crippen LogP contribution is 2.31. The van der Waals surface area contributed by atoms with E-state index >= 15 is 0 Å². The molecule has 0 aromatic heterocycles. The van der Waals surface area contributed by atoms with Gasteiger partial charge in [0, 0.05) is 6.04 Å². The lowest BCUT2D eigenvalue weighted by Gasteiger charge is -2.21. The first-order valence-electron chi connectivity index (χ1n) is 6.95. The molecule has 2 rings (SSSR count). The molecule has 0 aromatic rings. The fourth-order valence-corrected chi connectivity index (χ4v) is 2.94. The molecule has 5 nitrogen and oxygen atoms in total. The monoisotopic (exact) mass is 266 g/mol. The van der Waals surface area contributed by atoms with Crippen molar-refractivity contribution in [2.24, 2.45) is 17.8 Å². The Labute approximate surface area is 113 Å². The molecule has 2 aliphatic rings. The number of hydrogen-bond donors (Lipinski definition) is 3. The number of aliphatic carboxylic acids is 1. The van der Waals surface area contributed by atoms with Crippen molar-refractivity contribution in [2.45, 2.75) is 45.2 Å². The van der Waals surface area contributed by atoms with Gasteiger partial charge in [-0.05, 0) is 31.1 Å². The normalized spacial score (nSPS) is 37.3. The highest BCUT2D eigenvalue weighted by atomic mass is 16.4. The number of rotatable bonds is 3. The second kappa shape index (κ2) is 5.63. The van der Waals surface area contributed by atoms with Gasteiger partial charge in [0.05, 0.1) is 12.0 Å². The number of amides is 2. The average Bonchev–Trinajstić information content (AvgIpc) is 2.91. The number of carbonyl (C=O) groups excluding carboxylic acids is 1. The molecule has 5 heteroatoms. The van der Waals surface area contributed by atoms with Crippen LogP contribution in [0, 0.1) is 17.8 Å². The maximum Gasteiger partial charge on any atom is 0.315 e. The second-order valence-electron chi connectivity index (χ2n) is 5.81. The standard InChI is InChI=1S/C14H22N2O3/c1-8-3-6-12(9(8)2)16-14(19)15-11-5-4-10(7-11)13(17)18/h4-5,8-12H,3,6-7H2,1-2H3,(H,17,18)(H2,15,16,19). The van der Waals surface area contributed by atoms with Crippen molar-refractivity contribution in [3.8, 4) is 0 Å². The van der Waals surface area contributed by atoms with Gasteiger partial charge >= 0.3 is 12.0 Å². The molecule has 1 saturated carbocycles. The first kappa shape index (κ1) is 13.9. The van der Waals surface area contributed by atoms with Gasteiger partial charge in [-0.15, -0.1) is 0 Å². The molecule has 5 atom stereocenters. The molecule has 0 radical (unpaired) electrons. The number of urea groups is 1. The van der Waals surface area contributed by atoms with E-state index in [1.165, 1.54) is 0 Å². The zero-order chi connectivity index (χ0) is 14.0. The summed E-state index contributed by atoms with van der Waals surface area (Å²) in [5, 5.41) is 14.7. The summed E-state index contributed by atoms with van der Waals surface area (Å²) < 4.78 is 0. The summed E-state index contributed by atoms with van der Waals surface area (Å²) >= 11 is 0. The zero-order valence-corrected chi connectivity index (χ0v) is 11.4. The van der Waals surface area contributed by atoms with Gasteiger partial charge in [0.2, 0.25) is 0 Å². The van der Waals surface area contributed by atoms with Crippen LogP contribution in [0.5, 0.6) is 0 Å². The molecule has 0 aliphatic heterocycles. The molecule has 0 heterocycles. The van der Waals surface area contributed by atoms with Crippen LogP contribution in [0.15, 0.2) is 12.2 Å². The van der Waals surface area contributed by atoms with Crippen molar-refractivity contribution in [3.63, 3.8) is 0 Å². The molecule has 0 spiro atoms. The van der Waals surface area contributed by atoms with Gasteiger partial charge in [0.25, 0.3) is 0 Å². The van der Waals surface area contributed by atoms with E-state index in [0.29, 0.717) is 18.3 Å². The van der Waals surface area contributed by atoms with Gasteiger partial charge in [-0.3, -0.25) is 4.79 Å². The Balaban J connectivity index is 1.77. The van der Waals surface area contributed by atoms with Crippen molar-refractivity contribution in [2.75, 3.05) is 0 Å². The Hall–Kier alpha value is -1.52. The van der Waals surface area contributed by atoms with Gasteiger partial charge < -0.3 is 15.7 Å². The van der Waals surface area contributed by atoms with Crippen molar-refractivity contribution in [3.05, 3.63) is 12.2 Å². The molecule has 1 fully saturated rings. The maximum absolute atomic E-state index is 11.9. The molecule has 0 saturated heterocycles. The fourth-order valence-electron chi connectivity index (χ4n) is 2.94. The highest BCUT2D eigenvalue weighted by molar-refractivity contribution is 5.76. The smallest absolute Gasteiger partial charge is 0.315 e. The van der Waals surface area contributed by atoms with Gasteiger partial charge in [-0.25, -0.2) is 4.79 Å². The molecular formula is C14H22N2O3. The van der Waals surface area contributed by atoms with Gasteiger partial charge in [0.1, 0.15) is 0 Å². The van der Waals surface area contributed by atoms with Gasteiger partial charge in [0.15, 0.2) is 0 Å². The van der Waals surface area contributed by atoms with E-state index in [9.17, 15) is 9.59 Å². The number of hydrogen-bond acceptors (Lipinski definition) is 2. The van der Waals surface area contributed by atoms with Crippen LogP contribution >= 0.6 is 0 Å². The second-order valence-corrected chi connectivity index (χ2v) is 5.81. The zero-order valence-electron chi connectivity index (χ0n) is 11.4. The van der Waals surface area contributed by atoms with Crippen LogP contribution in [0.1, 0.15) is 33.1 Å². The lowest BCUT2D eigenvalue weighted by molar-refractivity contribution is -0.140. The van der Waals surface area contributed by atoms with E-state index in [-0.39, 0.29) is 18.1 Å². The third kappa shape index (κ3) is 3.28. The molecule has 2 aliphatic carbocycles. The first-order valence-corrected chi connectivity index (χ1v) is 6.95. The van der Waals surface area contributed by atoms with Crippen LogP contribution in [0.2, 0.25) is 0 Å². The average molecular weight is 266 g/mol. The third-order valence-corrected chi connectivity index (χ3v) is 4.50. The molecule has 5 unspecified atom stereocenters. The van der Waals surface area contributed by atoms with Crippen LogP contribution < -0.4 is 10.6 Å². The predicted molar refractivity (Wildman–Crippen MR) is 71.7 cm³/mol. The van der Waals surface area contributed by atoms with E-state index in [1.54, 1.807) is 12.2 Å². The number of carboxylic acid groups (broad SMARTS) is 1. The predicted octanol–water partition coefficient (Wildman–Crippen LogP) is 1.75. The Morgan fingerprint density at radius 2 is 1.89 bits per heavy atom. The summed E-state index contributed by atoms with van der Waals surface area (Å²) in [5.41, 5.74) is 0. The number of carboxylic acids is 1. The van der Waals surface area contributed by atoms with E-state index in [1.807, 2.05) is 0 Å². The maximum atomic E-state index is 11.9. The van der Waals surface area contributed by atoms with Crippen molar-refractivity contribution in [1.82, 2.24) is 10.6 Å². The summed E-state index contributed by atoms with van der Waals surface area (Å²) in [6, 6.07) is -0.127. The highest BCUT2D eigenvalue weighted by Gasteiger charge is 2.31. The minimum absolute atomic E-state index is 0.171. The number of nitrogens with one attached hydrogen (secondary N) is 2. The Morgan fingerprint density at radius 3 is 2.42 bits per heavy atom. The van der Waals surface area contributed by atoms with Crippen molar-refractivity contribution < 1.29 is 14.7 Å². The molecular weight excluding hydrogens is 244 g/mol. The fraction of sp³-hybridized carbons (Fsp3) is 0.714. The van der Waals surface area contributed by atoms with E-state index in [2.05, 4.69) is 24.5 Å². The van der Waals surface area contributed by atoms with E-state index in [0.717, 1.165) is 12.8 Å². The van der Waals surface area contributed by atoms with E-state index in [4.69, 9.17) is 5.11 Å². The Morgan fingerprint density at radius 1 is 1.16 bits per heavy atom. The Kier molecular flexibility index (Phi) is 4.12. The largest absolute Gasteiger partial charge is 0.481 e. The lowest BCUT2D eigenvalue weighted by atomic mass is 9.98. The first-order chi connectivity index (χ1) is 8.97. The molecule has 2 amide bonds. The van der Waals surface area contributed by atoms with Crippen LogP contribution in [0.4, 0.5) is 4.79 Å². The summed E-state index contributed by atoms with van der Waals surface area (Å²) in [6.45, 7) is 4.37. The van der Waals surface area contributed by atoms with E-state index < -0.39 is 11.9 Å². The summed E-state index contributed by atoms with van der Waals surface area (Å²) in [4.78, 5) is 22.7. The lowest BCUT2D eigenvalue weighted by Crippen LogP contribution is -2.46. The molecule has 0 bridgehead atoms. The summed E-state index contributed by atoms with van der Waals surface area (Å²) in [5.74, 6) is -0.167. The summed E-state index contributed by atoms with van der Waals surface area (Å²) in [7, 11) is 0. The van der Waals surface area contributed by atoms with Gasteiger partial charge in [-0.2, -0.15) is 0 Å². The molecule has 19 heavy (non-hydrogen) atoms. The topological polar surface area (TPSA) is 78.4 Å². The van der Waals surface area contributed by atoms with Crippen LogP contribution in [-0.4, -0.2) is 29.2 Å². The molecule has 106 valence electrons.